The summed E-state index contributed by atoms with van der Waals surface area (Å²) in [5.74, 6) is -0.135. The van der Waals surface area contributed by atoms with Crippen LogP contribution in [0.5, 0.6) is 11.5 Å². The Labute approximate surface area is 174 Å². The SMILES string of the molecule is COc1cc([N+](=O)[O-])ccc1NC(=O)[C@H](C)OC(=O)c1ccc(OCC(C)C)cc1. The zero-order valence-electron chi connectivity index (χ0n) is 17.2. The van der Waals surface area contributed by atoms with Crippen molar-refractivity contribution in [2.45, 2.75) is 26.9 Å². The molecule has 2 aromatic carbocycles. The Bertz CT molecular complexity index is 910. The predicted molar refractivity (Wildman–Crippen MR) is 110 cm³/mol. The maximum Gasteiger partial charge on any atom is 0.338 e. The molecule has 0 aliphatic carbocycles. The molecule has 1 amide bonds. The van der Waals surface area contributed by atoms with Gasteiger partial charge in [0.1, 0.15) is 11.5 Å². The van der Waals surface area contributed by atoms with E-state index in [1.807, 2.05) is 13.8 Å². The number of amides is 1. The first-order valence-corrected chi connectivity index (χ1v) is 9.28. The molecule has 0 heterocycles. The molecule has 0 aliphatic heterocycles. The highest BCUT2D eigenvalue weighted by Crippen LogP contribution is 2.29. The van der Waals surface area contributed by atoms with Crippen molar-refractivity contribution < 1.29 is 28.7 Å². The Hall–Kier alpha value is -3.62. The molecule has 0 saturated carbocycles. The molecule has 1 atom stereocenters. The van der Waals surface area contributed by atoms with Crippen LogP contribution in [0.15, 0.2) is 42.5 Å². The van der Waals surface area contributed by atoms with Crippen LogP contribution in [0.1, 0.15) is 31.1 Å². The summed E-state index contributed by atoms with van der Waals surface area (Å²) in [6.07, 6.45) is -1.10. The number of nitrogens with one attached hydrogen (secondary N) is 1. The molecule has 9 nitrogen and oxygen atoms in total. The summed E-state index contributed by atoms with van der Waals surface area (Å²) in [7, 11) is 1.33. The Morgan fingerprint density at radius 2 is 1.77 bits per heavy atom. The van der Waals surface area contributed by atoms with Gasteiger partial charge in [0.05, 0.1) is 36.0 Å². The van der Waals surface area contributed by atoms with Crippen LogP contribution < -0.4 is 14.8 Å². The Morgan fingerprint density at radius 3 is 2.33 bits per heavy atom. The first-order valence-electron chi connectivity index (χ1n) is 9.28. The van der Waals surface area contributed by atoms with Crippen LogP contribution in [0.4, 0.5) is 11.4 Å². The summed E-state index contributed by atoms with van der Waals surface area (Å²) in [6.45, 7) is 6.05. The van der Waals surface area contributed by atoms with Crippen molar-refractivity contribution in [1.29, 1.82) is 0 Å². The maximum atomic E-state index is 12.4. The molecule has 30 heavy (non-hydrogen) atoms. The van der Waals surface area contributed by atoms with E-state index in [0.29, 0.717) is 18.3 Å². The number of esters is 1. The molecule has 160 valence electrons. The fourth-order valence-corrected chi connectivity index (χ4v) is 2.36. The minimum absolute atomic E-state index is 0.119. The Kier molecular flexibility index (Phi) is 7.74. The molecular weight excluding hydrogens is 392 g/mol. The largest absolute Gasteiger partial charge is 0.494 e. The zero-order chi connectivity index (χ0) is 22.3. The van der Waals surface area contributed by atoms with Gasteiger partial charge in [0.25, 0.3) is 11.6 Å². The topological polar surface area (TPSA) is 117 Å². The van der Waals surface area contributed by atoms with Gasteiger partial charge < -0.3 is 19.5 Å². The Balaban J connectivity index is 1.98. The number of methoxy groups -OCH3 is 1. The average molecular weight is 416 g/mol. The van der Waals surface area contributed by atoms with E-state index in [0.717, 1.165) is 0 Å². The van der Waals surface area contributed by atoms with Crippen LogP contribution in [-0.4, -0.2) is 36.6 Å². The third-order valence-corrected chi connectivity index (χ3v) is 3.98. The lowest BCUT2D eigenvalue weighted by Gasteiger charge is -2.15. The van der Waals surface area contributed by atoms with Gasteiger partial charge in [-0.3, -0.25) is 14.9 Å². The zero-order valence-corrected chi connectivity index (χ0v) is 17.2. The predicted octanol–water partition coefficient (Wildman–Crippen LogP) is 3.82. The van der Waals surface area contributed by atoms with Crippen LogP contribution >= 0.6 is 0 Å². The summed E-state index contributed by atoms with van der Waals surface area (Å²) in [5.41, 5.74) is 0.326. The number of anilines is 1. The minimum atomic E-state index is -1.10. The molecule has 0 unspecified atom stereocenters. The molecule has 2 rings (SSSR count). The molecule has 0 fully saturated rings. The molecule has 0 spiro atoms. The molecule has 0 aliphatic rings. The van der Waals surface area contributed by atoms with E-state index in [2.05, 4.69) is 5.32 Å². The van der Waals surface area contributed by atoms with Crippen molar-refractivity contribution >= 4 is 23.3 Å². The molecule has 0 bridgehead atoms. The van der Waals surface area contributed by atoms with E-state index in [-0.39, 0.29) is 22.7 Å². The number of ether oxygens (including phenoxy) is 3. The molecule has 0 radical (unpaired) electrons. The number of hydrogen-bond acceptors (Lipinski definition) is 7. The van der Waals surface area contributed by atoms with Gasteiger partial charge in [-0.1, -0.05) is 13.8 Å². The normalized spacial score (nSPS) is 11.5. The number of nitro groups is 1. The van der Waals surface area contributed by atoms with Crippen molar-refractivity contribution in [3.63, 3.8) is 0 Å². The summed E-state index contributed by atoms with van der Waals surface area (Å²) >= 11 is 0. The second kappa shape index (κ2) is 10.2. The molecular formula is C21H24N2O7. The standard InChI is InChI=1S/C21H24N2O7/c1-13(2)12-29-17-8-5-15(6-9-17)21(25)30-14(3)20(24)22-18-10-7-16(23(26)27)11-19(18)28-4/h5-11,13-14H,12H2,1-4H3,(H,22,24)/t14-/m0/s1. The Morgan fingerprint density at radius 1 is 1.10 bits per heavy atom. The van der Waals surface area contributed by atoms with Crippen molar-refractivity contribution in [2.75, 3.05) is 19.0 Å². The van der Waals surface area contributed by atoms with Gasteiger partial charge in [-0.2, -0.15) is 0 Å². The summed E-state index contributed by atoms with van der Waals surface area (Å²) < 4.78 is 15.8. The lowest BCUT2D eigenvalue weighted by Crippen LogP contribution is -2.30. The first kappa shape index (κ1) is 22.7. The van der Waals surface area contributed by atoms with Gasteiger partial charge in [0.15, 0.2) is 6.10 Å². The summed E-state index contributed by atoms with van der Waals surface area (Å²) in [4.78, 5) is 34.9. The van der Waals surface area contributed by atoms with E-state index in [9.17, 15) is 19.7 Å². The fraction of sp³-hybridized carbons (Fsp3) is 0.333. The molecule has 0 saturated heterocycles. The monoisotopic (exact) mass is 416 g/mol. The van der Waals surface area contributed by atoms with Crippen LogP contribution in [0.2, 0.25) is 0 Å². The third-order valence-electron chi connectivity index (χ3n) is 3.98. The number of rotatable bonds is 9. The van der Waals surface area contributed by atoms with Gasteiger partial charge in [0, 0.05) is 6.07 Å². The molecule has 1 N–H and O–H groups in total. The summed E-state index contributed by atoms with van der Waals surface area (Å²) in [6, 6.07) is 10.2. The maximum absolute atomic E-state index is 12.4. The third kappa shape index (κ3) is 6.20. The van der Waals surface area contributed by atoms with Crippen molar-refractivity contribution in [2.24, 2.45) is 5.92 Å². The summed E-state index contributed by atoms with van der Waals surface area (Å²) in [5, 5.41) is 13.4. The lowest BCUT2D eigenvalue weighted by atomic mass is 10.2. The number of non-ortho nitro benzene ring substituents is 1. The second-order valence-corrected chi connectivity index (χ2v) is 6.91. The van der Waals surface area contributed by atoms with Crippen LogP contribution in [-0.2, 0) is 9.53 Å². The van der Waals surface area contributed by atoms with Crippen molar-refractivity contribution in [1.82, 2.24) is 0 Å². The van der Waals surface area contributed by atoms with E-state index in [4.69, 9.17) is 14.2 Å². The molecule has 9 heteroatoms. The van der Waals surface area contributed by atoms with Gasteiger partial charge in [-0.05, 0) is 43.2 Å². The van der Waals surface area contributed by atoms with Crippen LogP contribution in [0.25, 0.3) is 0 Å². The lowest BCUT2D eigenvalue weighted by molar-refractivity contribution is -0.384. The van der Waals surface area contributed by atoms with Gasteiger partial charge in [-0.25, -0.2) is 4.79 Å². The second-order valence-electron chi connectivity index (χ2n) is 6.91. The number of carbonyl (C=O) groups excluding carboxylic acids is 2. The number of nitrogens with zero attached hydrogens (tertiary/aromatic N) is 1. The fourth-order valence-electron chi connectivity index (χ4n) is 2.36. The van der Waals surface area contributed by atoms with Crippen LogP contribution in [0.3, 0.4) is 0 Å². The minimum Gasteiger partial charge on any atom is -0.494 e. The highest BCUT2D eigenvalue weighted by Gasteiger charge is 2.21. The smallest absolute Gasteiger partial charge is 0.338 e. The van der Waals surface area contributed by atoms with Gasteiger partial charge in [-0.15, -0.1) is 0 Å². The highest BCUT2D eigenvalue weighted by atomic mass is 16.6. The average Bonchev–Trinajstić information content (AvgIpc) is 2.72. The van der Waals surface area contributed by atoms with Gasteiger partial charge >= 0.3 is 5.97 Å². The molecule has 0 aromatic heterocycles. The van der Waals surface area contributed by atoms with Gasteiger partial charge in [0.2, 0.25) is 0 Å². The molecule has 2 aromatic rings. The van der Waals surface area contributed by atoms with E-state index < -0.39 is 22.9 Å². The van der Waals surface area contributed by atoms with Crippen molar-refractivity contribution in [3.05, 3.63) is 58.1 Å². The van der Waals surface area contributed by atoms with E-state index >= 15 is 0 Å². The van der Waals surface area contributed by atoms with Crippen molar-refractivity contribution in [3.8, 4) is 11.5 Å². The number of hydrogen-bond donors (Lipinski definition) is 1. The number of benzene rings is 2. The van der Waals surface area contributed by atoms with Crippen LogP contribution in [0, 0.1) is 16.0 Å². The van der Waals surface area contributed by atoms with E-state index in [1.165, 1.54) is 32.2 Å². The quantitative estimate of drug-likeness (QED) is 0.375. The highest BCUT2D eigenvalue weighted by molar-refractivity contribution is 5.98. The first-order chi connectivity index (χ1) is 14.2. The van der Waals surface area contributed by atoms with E-state index in [1.54, 1.807) is 24.3 Å². The number of nitro benzene ring substituents is 1. The number of carbonyl (C=O) groups is 2.